The highest BCUT2D eigenvalue weighted by atomic mass is 19.1. The maximum atomic E-state index is 13.6. The highest BCUT2D eigenvalue weighted by molar-refractivity contribution is 6.06. The topological polar surface area (TPSA) is 49.4 Å². The number of amides is 3. The van der Waals surface area contributed by atoms with Crippen LogP contribution in [0, 0.1) is 11.6 Å². The van der Waals surface area contributed by atoms with Crippen LogP contribution in [0.2, 0.25) is 0 Å². The van der Waals surface area contributed by atoms with E-state index in [1.807, 2.05) is 0 Å². The van der Waals surface area contributed by atoms with Crippen LogP contribution in [-0.2, 0) is 11.3 Å². The average Bonchev–Trinajstić information content (AvgIpc) is 2.56. The number of halogens is 2. The molecule has 1 atom stereocenters. The van der Waals surface area contributed by atoms with E-state index in [1.165, 1.54) is 11.0 Å². The fraction of sp³-hybridized carbons (Fsp3) is 0.385. The molecule has 1 N–H and O–H groups in total. The molecule has 0 radical (unpaired) electrons. The van der Waals surface area contributed by atoms with Gasteiger partial charge >= 0.3 is 6.03 Å². The Balaban J connectivity index is 2.31. The molecule has 1 unspecified atom stereocenters. The molecule has 6 heteroatoms. The highest BCUT2D eigenvalue weighted by Gasteiger charge is 2.47. The van der Waals surface area contributed by atoms with Crippen LogP contribution in [0.15, 0.2) is 18.2 Å². The van der Waals surface area contributed by atoms with Gasteiger partial charge < -0.3 is 4.90 Å². The van der Waals surface area contributed by atoms with Crippen molar-refractivity contribution in [1.29, 1.82) is 0 Å². The van der Waals surface area contributed by atoms with Gasteiger partial charge in [0.1, 0.15) is 17.2 Å². The summed E-state index contributed by atoms with van der Waals surface area (Å²) in [5.74, 6) is -1.81. The lowest BCUT2D eigenvalue weighted by molar-refractivity contribution is -0.126. The maximum Gasteiger partial charge on any atom is 0.325 e. The molecule has 0 saturated carbocycles. The first-order valence-corrected chi connectivity index (χ1v) is 5.95. The summed E-state index contributed by atoms with van der Waals surface area (Å²) in [6.45, 7) is 3.31. The molecule has 1 aromatic carbocycles. The number of rotatable bonds is 3. The van der Waals surface area contributed by atoms with E-state index >= 15 is 0 Å². The summed E-state index contributed by atoms with van der Waals surface area (Å²) in [6, 6.07) is 2.60. The quantitative estimate of drug-likeness (QED) is 0.854. The van der Waals surface area contributed by atoms with E-state index in [0.29, 0.717) is 6.42 Å². The van der Waals surface area contributed by atoms with E-state index in [4.69, 9.17) is 0 Å². The van der Waals surface area contributed by atoms with Gasteiger partial charge in [-0.15, -0.1) is 0 Å². The van der Waals surface area contributed by atoms with Gasteiger partial charge in [0.25, 0.3) is 5.91 Å². The van der Waals surface area contributed by atoms with Gasteiger partial charge in [0, 0.05) is 11.6 Å². The molecule has 0 bridgehead atoms. The minimum absolute atomic E-state index is 0.0754. The zero-order valence-electron chi connectivity index (χ0n) is 10.7. The van der Waals surface area contributed by atoms with Gasteiger partial charge in [-0.1, -0.05) is 13.0 Å². The Labute approximate surface area is 109 Å². The van der Waals surface area contributed by atoms with Crippen molar-refractivity contribution < 1.29 is 18.4 Å². The summed E-state index contributed by atoms with van der Waals surface area (Å²) < 4.78 is 26.4. The van der Waals surface area contributed by atoms with Crippen molar-refractivity contribution in [2.75, 3.05) is 0 Å². The molecule has 1 fully saturated rings. The van der Waals surface area contributed by atoms with E-state index in [-0.39, 0.29) is 12.1 Å². The molecule has 1 heterocycles. The van der Waals surface area contributed by atoms with E-state index in [9.17, 15) is 18.4 Å². The summed E-state index contributed by atoms with van der Waals surface area (Å²) >= 11 is 0. The van der Waals surface area contributed by atoms with Gasteiger partial charge in [0.15, 0.2) is 0 Å². The Bertz CT molecular complexity index is 547. The summed E-state index contributed by atoms with van der Waals surface area (Å²) in [4.78, 5) is 24.8. The monoisotopic (exact) mass is 268 g/mol. The first-order chi connectivity index (χ1) is 8.88. The van der Waals surface area contributed by atoms with Gasteiger partial charge in [-0.3, -0.25) is 10.1 Å². The normalized spacial score (nSPS) is 22.8. The lowest BCUT2D eigenvalue weighted by atomic mass is 9.97. The Morgan fingerprint density at radius 3 is 2.58 bits per heavy atom. The molecule has 1 aliphatic rings. The van der Waals surface area contributed by atoms with Crippen molar-refractivity contribution in [3.05, 3.63) is 35.4 Å². The van der Waals surface area contributed by atoms with Crippen LogP contribution in [0.25, 0.3) is 0 Å². The molecule has 0 spiro atoms. The summed E-state index contributed by atoms with van der Waals surface area (Å²) in [5.41, 5.74) is -0.830. The van der Waals surface area contributed by atoms with Gasteiger partial charge in [-0.05, 0) is 19.4 Å². The average molecular weight is 268 g/mol. The molecule has 2 rings (SSSR count). The van der Waals surface area contributed by atoms with Crippen molar-refractivity contribution in [2.24, 2.45) is 0 Å². The molecule has 0 aliphatic carbocycles. The van der Waals surface area contributed by atoms with Crippen LogP contribution in [0.1, 0.15) is 25.8 Å². The molecule has 1 aliphatic heterocycles. The molecule has 3 amide bonds. The van der Waals surface area contributed by atoms with Crippen LogP contribution in [0.4, 0.5) is 13.6 Å². The minimum atomic E-state index is -1.00. The zero-order chi connectivity index (χ0) is 14.2. The fourth-order valence-corrected chi connectivity index (χ4v) is 2.06. The number of imide groups is 1. The second kappa shape index (κ2) is 4.60. The van der Waals surface area contributed by atoms with Crippen LogP contribution in [0.3, 0.4) is 0 Å². The summed E-state index contributed by atoms with van der Waals surface area (Å²) in [5, 5.41) is 2.21. The number of urea groups is 1. The third-order valence-corrected chi connectivity index (χ3v) is 3.58. The molecule has 1 saturated heterocycles. The predicted molar refractivity (Wildman–Crippen MR) is 64.1 cm³/mol. The Morgan fingerprint density at radius 2 is 2.00 bits per heavy atom. The number of carbonyl (C=O) groups excluding carboxylic acids is 2. The number of nitrogens with one attached hydrogen (secondary N) is 1. The summed E-state index contributed by atoms with van der Waals surface area (Å²) in [7, 11) is 0. The smallest absolute Gasteiger partial charge is 0.306 e. The first-order valence-electron chi connectivity index (χ1n) is 5.95. The standard InChI is InChI=1S/C13H14F2N2O2/c1-3-13(2)11(18)16-12(19)17(13)7-8-4-5-9(14)6-10(8)15/h4-6H,3,7H2,1-2H3,(H,16,18,19). The van der Waals surface area contributed by atoms with Crippen molar-refractivity contribution in [1.82, 2.24) is 10.2 Å². The lowest BCUT2D eigenvalue weighted by Gasteiger charge is -2.30. The van der Waals surface area contributed by atoms with Gasteiger partial charge in [0.05, 0.1) is 6.54 Å². The Hall–Kier alpha value is -1.98. The third-order valence-electron chi connectivity index (χ3n) is 3.58. The second-order valence-corrected chi connectivity index (χ2v) is 4.71. The molecule has 4 nitrogen and oxygen atoms in total. The molecule has 102 valence electrons. The van der Waals surface area contributed by atoms with Crippen molar-refractivity contribution in [3.63, 3.8) is 0 Å². The molecule has 1 aromatic rings. The van der Waals surface area contributed by atoms with E-state index in [2.05, 4.69) is 5.32 Å². The largest absolute Gasteiger partial charge is 0.325 e. The predicted octanol–water partition coefficient (Wildman–Crippen LogP) is 2.19. The fourth-order valence-electron chi connectivity index (χ4n) is 2.06. The van der Waals surface area contributed by atoms with E-state index < -0.39 is 29.1 Å². The number of hydrogen-bond acceptors (Lipinski definition) is 2. The SMILES string of the molecule is CCC1(C)C(=O)NC(=O)N1Cc1ccc(F)cc1F. The van der Waals surface area contributed by atoms with Crippen LogP contribution >= 0.6 is 0 Å². The molecule has 19 heavy (non-hydrogen) atoms. The van der Waals surface area contributed by atoms with E-state index in [1.54, 1.807) is 13.8 Å². The van der Waals surface area contributed by atoms with Crippen LogP contribution < -0.4 is 5.32 Å². The first kappa shape index (κ1) is 13.5. The van der Waals surface area contributed by atoms with Crippen molar-refractivity contribution in [3.8, 4) is 0 Å². The highest BCUT2D eigenvalue weighted by Crippen LogP contribution is 2.27. The van der Waals surface area contributed by atoms with Crippen LogP contribution in [0.5, 0.6) is 0 Å². The number of carbonyl (C=O) groups is 2. The minimum Gasteiger partial charge on any atom is -0.306 e. The Kier molecular flexibility index (Phi) is 3.26. The van der Waals surface area contributed by atoms with Gasteiger partial charge in [0.2, 0.25) is 0 Å². The van der Waals surface area contributed by atoms with Crippen molar-refractivity contribution in [2.45, 2.75) is 32.4 Å². The van der Waals surface area contributed by atoms with Crippen LogP contribution in [-0.4, -0.2) is 22.4 Å². The maximum absolute atomic E-state index is 13.6. The zero-order valence-corrected chi connectivity index (χ0v) is 10.7. The Morgan fingerprint density at radius 1 is 1.32 bits per heavy atom. The van der Waals surface area contributed by atoms with Crippen molar-refractivity contribution >= 4 is 11.9 Å². The second-order valence-electron chi connectivity index (χ2n) is 4.71. The summed E-state index contributed by atoms with van der Waals surface area (Å²) in [6.07, 6.45) is 0.410. The number of hydrogen-bond donors (Lipinski definition) is 1. The van der Waals surface area contributed by atoms with E-state index in [0.717, 1.165) is 12.1 Å². The molecular formula is C13H14F2N2O2. The number of nitrogens with zero attached hydrogens (tertiary/aromatic N) is 1. The molecular weight excluding hydrogens is 254 g/mol. The lowest BCUT2D eigenvalue weighted by Crippen LogP contribution is -2.46. The molecule has 0 aromatic heterocycles. The van der Waals surface area contributed by atoms with Gasteiger partial charge in [-0.25, -0.2) is 13.6 Å². The van der Waals surface area contributed by atoms with Gasteiger partial charge in [-0.2, -0.15) is 0 Å². The third kappa shape index (κ3) is 2.18. The number of benzene rings is 1.